The van der Waals surface area contributed by atoms with Gasteiger partial charge in [0, 0.05) is 18.0 Å². The Bertz CT molecular complexity index is 1040. The number of nitriles is 1. The smallest absolute Gasteiger partial charge is 0.234 e. The van der Waals surface area contributed by atoms with E-state index in [1.54, 1.807) is 18.2 Å². The zero-order valence-electron chi connectivity index (χ0n) is 16.5. The van der Waals surface area contributed by atoms with Crippen molar-refractivity contribution in [2.45, 2.75) is 19.3 Å². The van der Waals surface area contributed by atoms with E-state index in [1.807, 2.05) is 31.2 Å². The van der Waals surface area contributed by atoms with Gasteiger partial charge in [0.2, 0.25) is 11.8 Å². The predicted molar refractivity (Wildman–Crippen MR) is 118 cm³/mol. The van der Waals surface area contributed by atoms with Crippen molar-refractivity contribution in [3.63, 3.8) is 0 Å². The number of halogens is 1. The Morgan fingerprint density at radius 3 is 2.70 bits per heavy atom. The number of rotatable bonds is 6. The molecule has 0 radical (unpaired) electrons. The Morgan fingerprint density at radius 1 is 1.33 bits per heavy atom. The average Bonchev–Trinajstić information content (AvgIpc) is 2.73. The second-order valence-corrected chi connectivity index (χ2v) is 8.15. The molecule has 0 fully saturated rings. The highest BCUT2D eigenvalue weighted by molar-refractivity contribution is 8.03. The molecule has 6 nitrogen and oxygen atoms in total. The van der Waals surface area contributed by atoms with Crippen molar-refractivity contribution in [2.24, 2.45) is 0 Å². The Balaban J connectivity index is 1.77. The van der Waals surface area contributed by atoms with Gasteiger partial charge in [-0.05, 0) is 36.8 Å². The first kappa shape index (κ1) is 21.8. The van der Waals surface area contributed by atoms with Crippen LogP contribution in [0, 0.1) is 18.3 Å². The molecule has 2 aromatic rings. The summed E-state index contributed by atoms with van der Waals surface area (Å²) in [4.78, 5) is 24.6. The minimum Gasteiger partial charge on any atom is -0.495 e. The van der Waals surface area contributed by atoms with Crippen LogP contribution in [0.4, 0.5) is 5.69 Å². The summed E-state index contributed by atoms with van der Waals surface area (Å²) in [5.41, 5.74) is 2.94. The van der Waals surface area contributed by atoms with Crippen LogP contribution in [-0.4, -0.2) is 24.7 Å². The summed E-state index contributed by atoms with van der Waals surface area (Å²) in [5, 5.41) is 16.1. The van der Waals surface area contributed by atoms with Gasteiger partial charge in [0.15, 0.2) is 0 Å². The molecule has 1 aliphatic rings. The maximum Gasteiger partial charge on any atom is 0.234 e. The van der Waals surface area contributed by atoms with Crippen molar-refractivity contribution in [1.29, 1.82) is 5.26 Å². The number of nitrogens with zero attached hydrogens (tertiary/aromatic N) is 1. The summed E-state index contributed by atoms with van der Waals surface area (Å²) in [5.74, 6) is -0.296. The number of hydrogen-bond donors (Lipinski definition) is 2. The highest BCUT2D eigenvalue weighted by atomic mass is 35.5. The van der Waals surface area contributed by atoms with Crippen molar-refractivity contribution >= 4 is 40.9 Å². The molecule has 1 aliphatic heterocycles. The first-order valence-electron chi connectivity index (χ1n) is 9.18. The van der Waals surface area contributed by atoms with Crippen LogP contribution in [-0.2, 0) is 9.59 Å². The lowest BCUT2D eigenvalue weighted by atomic mass is 9.87. The predicted octanol–water partition coefficient (Wildman–Crippen LogP) is 4.37. The molecule has 1 atom stereocenters. The number of carbonyl (C=O) groups excluding carboxylic acids is 2. The zero-order chi connectivity index (χ0) is 21.7. The number of amides is 2. The summed E-state index contributed by atoms with van der Waals surface area (Å²) in [6.07, 6.45) is 0.130. The van der Waals surface area contributed by atoms with Crippen LogP contribution in [0.1, 0.15) is 23.5 Å². The van der Waals surface area contributed by atoms with E-state index in [1.165, 1.54) is 7.11 Å². The normalized spacial score (nSPS) is 15.9. The van der Waals surface area contributed by atoms with E-state index in [9.17, 15) is 14.9 Å². The van der Waals surface area contributed by atoms with E-state index in [4.69, 9.17) is 16.3 Å². The second-order valence-electron chi connectivity index (χ2n) is 6.76. The van der Waals surface area contributed by atoms with Gasteiger partial charge in [-0.25, -0.2) is 0 Å². The molecule has 3 rings (SSSR count). The van der Waals surface area contributed by atoms with Crippen LogP contribution < -0.4 is 15.4 Å². The van der Waals surface area contributed by atoms with Gasteiger partial charge in [0.25, 0.3) is 0 Å². The molecule has 0 aromatic heterocycles. The third-order valence-electron chi connectivity index (χ3n) is 4.62. The van der Waals surface area contributed by atoms with Crippen LogP contribution >= 0.6 is 23.4 Å². The van der Waals surface area contributed by atoms with Crippen LogP contribution in [0.25, 0.3) is 0 Å². The molecular weight excluding hydrogens is 422 g/mol. The van der Waals surface area contributed by atoms with E-state index in [0.29, 0.717) is 27.1 Å². The minimum atomic E-state index is -0.435. The molecule has 0 unspecified atom stereocenters. The van der Waals surface area contributed by atoms with Gasteiger partial charge in [-0.3, -0.25) is 9.59 Å². The third-order valence-corrected chi connectivity index (χ3v) is 5.93. The molecule has 0 aliphatic carbocycles. The number of nitrogens with one attached hydrogen (secondary N) is 2. The summed E-state index contributed by atoms with van der Waals surface area (Å²) in [6.45, 7) is 1.97. The van der Waals surface area contributed by atoms with Crippen molar-refractivity contribution < 1.29 is 14.3 Å². The Morgan fingerprint density at radius 2 is 2.07 bits per heavy atom. The van der Waals surface area contributed by atoms with E-state index >= 15 is 0 Å². The summed E-state index contributed by atoms with van der Waals surface area (Å²) in [7, 11) is 1.52. The van der Waals surface area contributed by atoms with Crippen LogP contribution in [0.2, 0.25) is 5.02 Å². The quantitative estimate of drug-likeness (QED) is 0.694. The third kappa shape index (κ3) is 5.15. The number of hydrogen-bond acceptors (Lipinski definition) is 5. The highest BCUT2D eigenvalue weighted by Crippen LogP contribution is 2.38. The fraction of sp³-hybridized carbons (Fsp3) is 0.227. The molecular formula is C22H20ClN3O3S. The largest absolute Gasteiger partial charge is 0.495 e. The van der Waals surface area contributed by atoms with Crippen LogP contribution in [0.5, 0.6) is 5.75 Å². The molecule has 30 heavy (non-hydrogen) atoms. The zero-order valence-corrected chi connectivity index (χ0v) is 18.1. The molecule has 2 N–H and O–H groups in total. The van der Waals surface area contributed by atoms with Crippen molar-refractivity contribution in [2.75, 3.05) is 18.2 Å². The van der Waals surface area contributed by atoms with Gasteiger partial charge in [-0.1, -0.05) is 47.1 Å². The number of carbonyl (C=O) groups is 2. The van der Waals surface area contributed by atoms with Crippen molar-refractivity contribution in [1.82, 2.24) is 5.32 Å². The van der Waals surface area contributed by atoms with E-state index in [-0.39, 0.29) is 24.0 Å². The minimum absolute atomic E-state index is 0.0603. The summed E-state index contributed by atoms with van der Waals surface area (Å²) in [6, 6.07) is 14.9. The number of ether oxygens (including phenoxy) is 1. The van der Waals surface area contributed by atoms with Gasteiger partial charge in [0.05, 0.1) is 34.6 Å². The number of thioether (sulfide) groups is 1. The second kappa shape index (κ2) is 9.70. The number of methoxy groups -OCH3 is 1. The lowest BCUT2D eigenvalue weighted by Crippen LogP contribution is -2.31. The lowest BCUT2D eigenvalue weighted by Gasteiger charge is -2.25. The van der Waals surface area contributed by atoms with Gasteiger partial charge in [0.1, 0.15) is 5.75 Å². The number of allylic oxidation sites excluding steroid dienone is 1. The first-order valence-corrected chi connectivity index (χ1v) is 10.5. The molecule has 2 aromatic carbocycles. The van der Waals surface area contributed by atoms with Crippen molar-refractivity contribution in [3.05, 3.63) is 69.2 Å². The molecule has 8 heteroatoms. The standard InChI is InChI=1S/C22H20ClN3O3S/c1-13-3-6-15(7-4-13)25-21(28)12-30-22-17(11-24)16(10-20(27)26-22)14-5-8-19(29-2)18(23)9-14/h3-9,16H,10,12H2,1-2H3,(H,25,28)(H,26,27)/t16-/m1/s1. The number of aryl methyl sites for hydroxylation is 1. The van der Waals surface area contributed by atoms with Crippen molar-refractivity contribution in [3.8, 4) is 11.8 Å². The first-order chi connectivity index (χ1) is 14.4. The highest BCUT2D eigenvalue weighted by Gasteiger charge is 2.30. The Labute approximate surface area is 184 Å². The molecule has 1 heterocycles. The Hall–Kier alpha value is -2.95. The topological polar surface area (TPSA) is 91.2 Å². The summed E-state index contributed by atoms with van der Waals surface area (Å²) < 4.78 is 5.17. The maximum absolute atomic E-state index is 12.3. The van der Waals surface area contributed by atoms with Gasteiger partial charge < -0.3 is 15.4 Å². The average molecular weight is 442 g/mol. The number of benzene rings is 2. The molecule has 0 saturated carbocycles. The monoisotopic (exact) mass is 441 g/mol. The summed E-state index contributed by atoms with van der Waals surface area (Å²) >= 11 is 7.35. The molecule has 154 valence electrons. The molecule has 0 bridgehead atoms. The fourth-order valence-corrected chi connectivity index (χ4v) is 4.23. The Kier molecular flexibility index (Phi) is 7.03. The van der Waals surface area contributed by atoms with Gasteiger partial charge in [-0.2, -0.15) is 5.26 Å². The lowest BCUT2D eigenvalue weighted by molar-refractivity contribution is -0.121. The molecule has 0 saturated heterocycles. The SMILES string of the molecule is COc1ccc([C@H]2CC(=O)NC(SCC(=O)Nc3ccc(C)cc3)=C2C#N)cc1Cl. The van der Waals surface area contributed by atoms with Gasteiger partial charge in [-0.15, -0.1) is 0 Å². The molecule has 2 amide bonds. The maximum atomic E-state index is 12.3. The van der Waals surface area contributed by atoms with E-state index < -0.39 is 5.92 Å². The fourth-order valence-electron chi connectivity index (χ4n) is 3.09. The number of anilines is 1. The van der Waals surface area contributed by atoms with Crippen LogP contribution in [0.15, 0.2) is 53.1 Å². The molecule has 0 spiro atoms. The van der Waals surface area contributed by atoms with E-state index in [0.717, 1.165) is 22.9 Å². The van der Waals surface area contributed by atoms with E-state index in [2.05, 4.69) is 16.7 Å². The van der Waals surface area contributed by atoms with Crippen LogP contribution in [0.3, 0.4) is 0 Å². The van der Waals surface area contributed by atoms with Gasteiger partial charge >= 0.3 is 0 Å².